The van der Waals surface area contributed by atoms with Crippen LogP contribution in [0.15, 0.2) is 72.8 Å². The van der Waals surface area contributed by atoms with Crippen LogP contribution in [0.5, 0.6) is 0 Å². The van der Waals surface area contributed by atoms with E-state index in [1.54, 1.807) is 0 Å². The summed E-state index contributed by atoms with van der Waals surface area (Å²) in [6.45, 7) is 8.54. The summed E-state index contributed by atoms with van der Waals surface area (Å²) in [6, 6.07) is 18.3. The maximum Gasteiger partial charge on any atom is 0.256 e. The number of allylic oxidation sites excluding steroid dienone is 3. The number of benzene rings is 3. The Bertz CT molecular complexity index is 2780. The number of nitrogens with one attached hydrogen (secondary N) is 3. The second-order valence-corrected chi connectivity index (χ2v) is 18.7. The lowest BCUT2D eigenvalue weighted by Gasteiger charge is -2.27. The number of carbonyl (C=O) groups excluding carboxylic acids is 3. The normalized spacial score (nSPS) is 18.1. The van der Waals surface area contributed by atoms with Crippen molar-refractivity contribution in [3.8, 4) is 0 Å². The summed E-state index contributed by atoms with van der Waals surface area (Å²) in [5.74, 6) is 0.725. The van der Waals surface area contributed by atoms with Crippen molar-refractivity contribution in [3.05, 3.63) is 140 Å². The highest BCUT2D eigenvalue weighted by atomic mass is 16.2. The first-order valence-electron chi connectivity index (χ1n) is 24.2. The van der Waals surface area contributed by atoms with Gasteiger partial charge in [-0.1, -0.05) is 113 Å². The van der Waals surface area contributed by atoms with Gasteiger partial charge in [0.1, 0.15) is 17.5 Å². The Morgan fingerprint density at radius 2 is 0.750 bits per heavy atom. The number of aromatic nitrogens is 6. The van der Waals surface area contributed by atoms with E-state index in [9.17, 15) is 14.4 Å². The molecule has 3 aliphatic heterocycles. The molecule has 15 nitrogen and oxygen atoms in total. The van der Waals surface area contributed by atoms with E-state index in [1.165, 1.54) is 14.0 Å². The van der Waals surface area contributed by atoms with Gasteiger partial charge in [-0.05, 0) is 112 Å². The Morgan fingerprint density at radius 1 is 0.472 bits per heavy atom. The molecule has 72 heavy (non-hydrogen) atoms. The van der Waals surface area contributed by atoms with Gasteiger partial charge in [0.25, 0.3) is 17.7 Å². The minimum Gasteiger partial charge on any atom is -0.385 e. The zero-order valence-electron chi connectivity index (χ0n) is 39.5. The summed E-state index contributed by atoms with van der Waals surface area (Å²) in [7, 11) is 0. The number of anilines is 6. The van der Waals surface area contributed by atoms with E-state index in [1.807, 2.05) is 54.6 Å². The molecule has 3 aromatic heterocycles. The minimum atomic E-state index is -0.196. The molecule has 12 rings (SSSR count). The summed E-state index contributed by atoms with van der Waals surface area (Å²) < 4.78 is 4.26. The van der Waals surface area contributed by atoms with Crippen LogP contribution >= 0.6 is 0 Å². The molecular formula is C57H72N12O3. The molecule has 3 aromatic carbocycles. The third-order valence-electron chi connectivity index (χ3n) is 14.4. The molecule has 378 valence electrons. The first kappa shape index (κ1) is 52.2. The number of nitrogens with two attached hydrogens (primary N) is 3. The molecule has 6 aliphatic rings. The number of rotatable bonds is 3. The lowest BCUT2D eigenvalue weighted by molar-refractivity contribution is 0.0851. The van der Waals surface area contributed by atoms with Gasteiger partial charge in [-0.15, -0.1) is 0 Å². The van der Waals surface area contributed by atoms with E-state index in [2.05, 4.69) is 88.4 Å². The van der Waals surface area contributed by atoms with Crippen LogP contribution in [0.4, 0.5) is 34.5 Å². The van der Waals surface area contributed by atoms with Crippen LogP contribution in [0, 0.1) is 20.8 Å². The molecule has 0 fully saturated rings. The van der Waals surface area contributed by atoms with Crippen LogP contribution in [-0.4, -0.2) is 66.7 Å². The van der Waals surface area contributed by atoms with Crippen LogP contribution in [0.3, 0.4) is 0 Å². The molecule has 0 bridgehead atoms. The lowest BCUT2D eigenvalue weighted by atomic mass is 9.88. The molecule has 0 spiro atoms. The second kappa shape index (κ2) is 21.8. The van der Waals surface area contributed by atoms with Crippen LogP contribution < -0.4 is 33.2 Å². The van der Waals surface area contributed by atoms with Crippen molar-refractivity contribution in [2.45, 2.75) is 119 Å². The molecule has 1 unspecified atom stereocenters. The summed E-state index contributed by atoms with van der Waals surface area (Å²) in [6.07, 6.45) is 19.8. The third kappa shape index (κ3) is 9.47. The quantitative estimate of drug-likeness (QED) is 0.0976. The maximum atomic E-state index is 13.1. The van der Waals surface area contributed by atoms with Gasteiger partial charge in [-0.25, -0.2) is 0 Å². The number of aryl methyl sites for hydroxylation is 6. The molecule has 3 aliphatic carbocycles. The fourth-order valence-corrected chi connectivity index (χ4v) is 10.7. The molecule has 0 saturated heterocycles. The summed E-state index contributed by atoms with van der Waals surface area (Å²) >= 11 is 0. The van der Waals surface area contributed by atoms with Crippen molar-refractivity contribution in [3.63, 3.8) is 0 Å². The molecule has 6 heterocycles. The SMILES string of the molecule is C.C.C.Cc1cccc2c1NCCC2C(=O)n1nc2c(c1N)C=CCC2.Cc1cccc2c1NCC[C@@H]2C(=O)n1nc2c(c1N)C=CCC2.Cc1cccc2c1NCC[C@H]2C(=O)n1nc2c(c1N)C=CCC2. The van der Waals surface area contributed by atoms with Gasteiger partial charge in [-0.2, -0.15) is 29.3 Å². The number of para-hydroxylation sites is 3. The van der Waals surface area contributed by atoms with Gasteiger partial charge < -0.3 is 33.2 Å². The molecule has 15 heteroatoms. The second-order valence-electron chi connectivity index (χ2n) is 18.7. The summed E-state index contributed by atoms with van der Waals surface area (Å²) in [5.41, 5.74) is 33.9. The van der Waals surface area contributed by atoms with Gasteiger partial charge in [0.2, 0.25) is 0 Å². The topological polar surface area (TPSA) is 219 Å². The molecule has 9 N–H and O–H groups in total. The predicted octanol–water partition coefficient (Wildman–Crippen LogP) is 10.8. The fourth-order valence-electron chi connectivity index (χ4n) is 10.7. The van der Waals surface area contributed by atoms with Crippen molar-refractivity contribution in [1.29, 1.82) is 0 Å². The molecule has 0 saturated carbocycles. The molecule has 0 amide bonds. The Hall–Kier alpha value is -7.68. The minimum absolute atomic E-state index is 0. The van der Waals surface area contributed by atoms with Gasteiger partial charge >= 0.3 is 0 Å². The molecule has 3 atom stereocenters. The van der Waals surface area contributed by atoms with Crippen molar-refractivity contribution in [2.75, 3.05) is 52.8 Å². The van der Waals surface area contributed by atoms with Gasteiger partial charge in [-0.3, -0.25) is 14.4 Å². The number of nitrogens with zero attached hydrogens (tertiary/aromatic N) is 6. The zero-order chi connectivity index (χ0) is 47.9. The van der Waals surface area contributed by atoms with Crippen LogP contribution in [0.1, 0.15) is 160 Å². The van der Waals surface area contributed by atoms with Crippen LogP contribution in [-0.2, 0) is 19.3 Å². The average Bonchev–Trinajstić information content (AvgIpc) is 4.03. The van der Waals surface area contributed by atoms with Crippen molar-refractivity contribution in [1.82, 2.24) is 29.3 Å². The van der Waals surface area contributed by atoms with E-state index < -0.39 is 0 Å². The lowest BCUT2D eigenvalue weighted by Crippen LogP contribution is -2.28. The highest BCUT2D eigenvalue weighted by molar-refractivity contribution is 5.93. The van der Waals surface area contributed by atoms with Crippen LogP contribution in [0.25, 0.3) is 18.2 Å². The Labute approximate surface area is 424 Å². The summed E-state index contributed by atoms with van der Waals surface area (Å²) in [5, 5.41) is 23.7. The van der Waals surface area contributed by atoms with E-state index in [0.29, 0.717) is 17.5 Å². The molecule has 6 aromatic rings. The number of fused-ring (bicyclic) bond motifs is 6. The Kier molecular flexibility index (Phi) is 15.8. The van der Waals surface area contributed by atoms with Gasteiger partial charge in [0.15, 0.2) is 0 Å². The first-order valence-corrected chi connectivity index (χ1v) is 24.2. The Balaban J connectivity index is 0.000000155. The molecule has 0 radical (unpaired) electrons. The fraction of sp³-hybridized carbons (Fsp3) is 0.368. The third-order valence-corrected chi connectivity index (χ3v) is 14.4. The largest absolute Gasteiger partial charge is 0.385 e. The number of hydrogen-bond acceptors (Lipinski definition) is 12. The van der Waals surface area contributed by atoms with Gasteiger partial charge in [0.05, 0.1) is 34.8 Å². The molecular weight excluding hydrogens is 901 g/mol. The van der Waals surface area contributed by atoms with E-state index in [0.717, 1.165) is 162 Å². The maximum absolute atomic E-state index is 13.1. The first-order chi connectivity index (χ1) is 33.5. The number of nitrogen functional groups attached to an aromatic ring is 3. The zero-order valence-corrected chi connectivity index (χ0v) is 39.5. The van der Waals surface area contributed by atoms with E-state index in [-0.39, 0.29) is 57.8 Å². The smallest absolute Gasteiger partial charge is 0.256 e. The van der Waals surface area contributed by atoms with Crippen molar-refractivity contribution in [2.24, 2.45) is 0 Å². The Morgan fingerprint density at radius 3 is 1.01 bits per heavy atom. The highest BCUT2D eigenvalue weighted by Crippen LogP contribution is 2.39. The summed E-state index contributed by atoms with van der Waals surface area (Å²) in [4.78, 5) is 39.2. The van der Waals surface area contributed by atoms with E-state index in [4.69, 9.17) is 17.2 Å². The van der Waals surface area contributed by atoms with Crippen molar-refractivity contribution < 1.29 is 14.4 Å². The van der Waals surface area contributed by atoms with E-state index >= 15 is 0 Å². The van der Waals surface area contributed by atoms with Gasteiger partial charge in [0, 0.05) is 53.4 Å². The predicted molar refractivity (Wildman–Crippen MR) is 295 cm³/mol. The standard InChI is InChI=1S/3C18H20N4O.3CH4/c3*1-11-5-4-7-12-13(9-10-20-16(11)12)18(23)22-17(19)14-6-2-3-8-15(14)21-22;;;/h3*2,4-7,13,20H,3,8-10,19H2,1H3;3*1H4/t2*13-;;;;/m10..../s1. The number of hydrogen-bond donors (Lipinski definition) is 6. The highest BCUT2D eigenvalue weighted by Gasteiger charge is 2.34. The van der Waals surface area contributed by atoms with Crippen molar-refractivity contribution >= 4 is 70.5 Å². The number of carbonyl (C=O) groups is 3. The average molecular weight is 973 g/mol. The van der Waals surface area contributed by atoms with Crippen LogP contribution in [0.2, 0.25) is 0 Å². The monoisotopic (exact) mass is 973 g/mol.